The summed E-state index contributed by atoms with van der Waals surface area (Å²) in [6.07, 6.45) is 2.40. The Kier molecular flexibility index (Phi) is 3.77. The smallest absolute Gasteiger partial charge is 0.213 e. The van der Waals surface area contributed by atoms with Crippen LogP contribution in [0.3, 0.4) is 0 Å². The number of nitrogens with zero attached hydrogens (tertiary/aromatic N) is 3. The lowest BCUT2D eigenvalue weighted by atomic mass is 10.0. The molecule has 0 bridgehead atoms. The summed E-state index contributed by atoms with van der Waals surface area (Å²) in [5.41, 5.74) is 1.89. The molecule has 0 saturated heterocycles. The van der Waals surface area contributed by atoms with E-state index in [0.717, 1.165) is 12.0 Å². The van der Waals surface area contributed by atoms with E-state index in [4.69, 9.17) is 11.6 Å². The lowest BCUT2D eigenvalue weighted by Crippen LogP contribution is -2.12. The van der Waals surface area contributed by atoms with E-state index in [1.165, 1.54) is 6.20 Å². The fourth-order valence-electron chi connectivity index (χ4n) is 1.80. The first-order valence-corrected chi connectivity index (χ1v) is 6.21. The van der Waals surface area contributed by atoms with Crippen LogP contribution in [0.5, 0.6) is 0 Å². The zero-order valence-corrected chi connectivity index (χ0v) is 11.1. The highest BCUT2D eigenvalue weighted by atomic mass is 35.5. The topological polar surface area (TPSA) is 47.8 Å². The zero-order chi connectivity index (χ0) is 13.1. The first kappa shape index (κ1) is 12.8. The van der Waals surface area contributed by atoms with Crippen LogP contribution >= 0.6 is 11.6 Å². The summed E-state index contributed by atoms with van der Waals surface area (Å²) >= 11 is 6.03. The molecule has 0 fully saturated rings. The molecule has 0 aliphatic rings. The summed E-state index contributed by atoms with van der Waals surface area (Å²) in [5.74, 6) is -0.0894. The van der Waals surface area contributed by atoms with E-state index < -0.39 is 0 Å². The first-order valence-electron chi connectivity index (χ1n) is 5.83. The van der Waals surface area contributed by atoms with Gasteiger partial charge in [0.15, 0.2) is 0 Å². The minimum absolute atomic E-state index is 0.0894. The normalized spacial score (nSPS) is 10.6. The van der Waals surface area contributed by atoms with Gasteiger partial charge in [0, 0.05) is 17.1 Å². The van der Waals surface area contributed by atoms with Crippen LogP contribution in [0.15, 0.2) is 24.4 Å². The van der Waals surface area contributed by atoms with Crippen molar-refractivity contribution in [2.45, 2.75) is 26.8 Å². The fourth-order valence-corrected chi connectivity index (χ4v) is 1.98. The number of ketones is 1. The number of carbonyl (C=O) groups excluding carboxylic acids is 1. The molecule has 94 valence electrons. The van der Waals surface area contributed by atoms with Crippen LogP contribution < -0.4 is 0 Å². The van der Waals surface area contributed by atoms with Crippen molar-refractivity contribution in [3.05, 3.63) is 46.2 Å². The molecule has 0 saturated carbocycles. The van der Waals surface area contributed by atoms with Crippen molar-refractivity contribution in [2.24, 2.45) is 0 Å². The van der Waals surface area contributed by atoms with Gasteiger partial charge in [0.1, 0.15) is 5.69 Å². The largest absolute Gasteiger partial charge is 0.287 e. The lowest BCUT2D eigenvalue weighted by Gasteiger charge is -2.07. The Balaban J connectivity index is 2.42. The average molecular weight is 264 g/mol. The Morgan fingerprint density at radius 2 is 2.22 bits per heavy atom. The maximum atomic E-state index is 12.4. The van der Waals surface area contributed by atoms with Gasteiger partial charge in [-0.05, 0) is 25.0 Å². The van der Waals surface area contributed by atoms with Crippen LogP contribution in [-0.2, 0) is 6.54 Å². The molecule has 0 aliphatic heterocycles. The molecule has 1 aromatic heterocycles. The number of hydrogen-bond acceptors (Lipinski definition) is 3. The maximum Gasteiger partial charge on any atom is 0.213 e. The molecule has 2 aromatic rings. The molecule has 18 heavy (non-hydrogen) atoms. The van der Waals surface area contributed by atoms with Gasteiger partial charge in [-0.2, -0.15) is 0 Å². The van der Waals surface area contributed by atoms with Gasteiger partial charge < -0.3 is 0 Å². The molecule has 0 amide bonds. The van der Waals surface area contributed by atoms with Crippen LogP contribution in [0, 0.1) is 6.92 Å². The van der Waals surface area contributed by atoms with Gasteiger partial charge in [-0.15, -0.1) is 5.10 Å². The van der Waals surface area contributed by atoms with Gasteiger partial charge >= 0.3 is 0 Å². The van der Waals surface area contributed by atoms with Crippen molar-refractivity contribution in [1.82, 2.24) is 15.0 Å². The predicted molar refractivity (Wildman–Crippen MR) is 69.9 cm³/mol. The molecule has 5 heteroatoms. The van der Waals surface area contributed by atoms with E-state index in [0.29, 0.717) is 22.8 Å². The van der Waals surface area contributed by atoms with Crippen molar-refractivity contribution in [3.8, 4) is 0 Å². The summed E-state index contributed by atoms with van der Waals surface area (Å²) in [6.45, 7) is 4.55. The van der Waals surface area contributed by atoms with Gasteiger partial charge in [0.05, 0.1) is 6.20 Å². The number of rotatable bonds is 4. The highest BCUT2D eigenvalue weighted by Crippen LogP contribution is 2.21. The first-order chi connectivity index (χ1) is 8.65. The van der Waals surface area contributed by atoms with Crippen LogP contribution in [0.25, 0.3) is 0 Å². The molecule has 0 N–H and O–H groups in total. The van der Waals surface area contributed by atoms with Crippen molar-refractivity contribution >= 4 is 17.4 Å². The SMILES string of the molecule is CCCn1nncc1C(=O)c1cccc(Cl)c1C. The molecule has 0 unspecified atom stereocenters. The van der Waals surface area contributed by atoms with Crippen LogP contribution in [0.1, 0.15) is 35.0 Å². The molecule has 0 spiro atoms. The van der Waals surface area contributed by atoms with Gasteiger partial charge in [0.25, 0.3) is 0 Å². The molecule has 1 heterocycles. The van der Waals surface area contributed by atoms with E-state index in [2.05, 4.69) is 10.3 Å². The number of hydrogen-bond donors (Lipinski definition) is 0. The Labute approximate surface area is 111 Å². The highest BCUT2D eigenvalue weighted by molar-refractivity contribution is 6.32. The summed E-state index contributed by atoms with van der Waals surface area (Å²) in [7, 11) is 0. The molecule has 2 rings (SSSR count). The van der Waals surface area contributed by atoms with Gasteiger partial charge in [-0.3, -0.25) is 4.79 Å². The van der Waals surface area contributed by atoms with Gasteiger partial charge in [-0.1, -0.05) is 35.9 Å². The van der Waals surface area contributed by atoms with E-state index in [9.17, 15) is 4.79 Å². The van der Waals surface area contributed by atoms with Crippen molar-refractivity contribution in [3.63, 3.8) is 0 Å². The van der Waals surface area contributed by atoms with Gasteiger partial charge in [-0.25, -0.2) is 4.68 Å². The molecule has 0 atom stereocenters. The quantitative estimate of drug-likeness (QED) is 0.797. The average Bonchev–Trinajstić information content (AvgIpc) is 2.80. The van der Waals surface area contributed by atoms with Crippen molar-refractivity contribution in [1.29, 1.82) is 0 Å². The van der Waals surface area contributed by atoms with Crippen LogP contribution in [0.2, 0.25) is 5.02 Å². The third-order valence-corrected chi connectivity index (χ3v) is 3.21. The summed E-state index contributed by atoms with van der Waals surface area (Å²) < 4.78 is 1.63. The number of carbonyl (C=O) groups is 1. The van der Waals surface area contributed by atoms with E-state index in [1.807, 2.05) is 13.8 Å². The second-order valence-corrected chi connectivity index (χ2v) is 4.49. The minimum atomic E-state index is -0.0894. The molecule has 0 radical (unpaired) electrons. The Morgan fingerprint density at radius 1 is 1.44 bits per heavy atom. The molecular formula is C13H14ClN3O. The lowest BCUT2D eigenvalue weighted by molar-refractivity contribution is 0.102. The highest BCUT2D eigenvalue weighted by Gasteiger charge is 2.17. The zero-order valence-electron chi connectivity index (χ0n) is 10.4. The fraction of sp³-hybridized carbons (Fsp3) is 0.308. The molecule has 1 aromatic carbocycles. The molecule has 0 aliphatic carbocycles. The van der Waals surface area contributed by atoms with Gasteiger partial charge in [0.2, 0.25) is 5.78 Å². The minimum Gasteiger partial charge on any atom is -0.287 e. The van der Waals surface area contributed by atoms with Crippen molar-refractivity contribution in [2.75, 3.05) is 0 Å². The van der Waals surface area contributed by atoms with E-state index >= 15 is 0 Å². The molecule has 4 nitrogen and oxygen atoms in total. The predicted octanol–water partition coefficient (Wildman–Crippen LogP) is 2.88. The Bertz CT molecular complexity index is 577. The Hall–Kier alpha value is -1.68. The van der Waals surface area contributed by atoms with Crippen LogP contribution in [0.4, 0.5) is 0 Å². The third-order valence-electron chi connectivity index (χ3n) is 2.80. The monoisotopic (exact) mass is 263 g/mol. The van der Waals surface area contributed by atoms with E-state index in [1.54, 1.807) is 22.9 Å². The number of aryl methyl sites for hydroxylation is 1. The standard InChI is InChI=1S/C13H14ClN3O/c1-3-7-17-12(8-15-16-17)13(18)10-5-4-6-11(14)9(10)2/h4-6,8H,3,7H2,1-2H3. The number of aromatic nitrogens is 3. The second-order valence-electron chi connectivity index (χ2n) is 4.08. The Morgan fingerprint density at radius 3 is 2.94 bits per heavy atom. The van der Waals surface area contributed by atoms with Crippen LogP contribution in [-0.4, -0.2) is 20.8 Å². The number of halogens is 1. The molecular weight excluding hydrogens is 250 g/mol. The number of benzene rings is 1. The summed E-state index contributed by atoms with van der Waals surface area (Å²) in [4.78, 5) is 12.4. The second kappa shape index (κ2) is 5.31. The van der Waals surface area contributed by atoms with Crippen molar-refractivity contribution < 1.29 is 4.79 Å². The van der Waals surface area contributed by atoms with E-state index in [-0.39, 0.29) is 5.78 Å². The maximum absolute atomic E-state index is 12.4. The summed E-state index contributed by atoms with van der Waals surface area (Å²) in [5, 5.41) is 8.31. The third kappa shape index (κ3) is 2.29. The summed E-state index contributed by atoms with van der Waals surface area (Å²) in [6, 6.07) is 5.32.